The minimum Gasteiger partial charge on any atom is -0.310 e. The molecule has 2 rings (SSSR count). The highest BCUT2D eigenvalue weighted by molar-refractivity contribution is 9.10. The largest absolute Gasteiger partial charge is 0.310 e. The van der Waals surface area contributed by atoms with Crippen LogP contribution in [0, 0.1) is 5.92 Å². The number of hydrogen-bond acceptors (Lipinski definition) is 1. The normalized spacial score (nSPS) is 25.9. The average molecular weight is 277 g/mol. The second-order valence-electron chi connectivity index (χ2n) is 3.82. The lowest BCUT2D eigenvalue weighted by molar-refractivity contribution is 0.610. The molecule has 1 N–H and O–H groups in total. The highest BCUT2D eigenvalue weighted by Gasteiger charge is 2.22. The molecular weight excluding hydrogens is 261 g/mol. The Morgan fingerprint density at radius 2 is 2.07 bits per heavy atom. The summed E-state index contributed by atoms with van der Waals surface area (Å²) in [5.74, 6) is 0.803. The second-order valence-corrected chi connectivity index (χ2v) is 4.68. The van der Waals surface area contributed by atoms with Crippen LogP contribution in [0.3, 0.4) is 0 Å². The molecule has 0 bridgehead atoms. The molecule has 1 heterocycles. The molecule has 0 radical (unpaired) electrons. The zero-order valence-electron chi connectivity index (χ0n) is 8.16. The van der Waals surface area contributed by atoms with Crippen LogP contribution in [-0.2, 0) is 0 Å². The van der Waals surface area contributed by atoms with Crippen LogP contribution in [0.1, 0.15) is 24.9 Å². The summed E-state index contributed by atoms with van der Waals surface area (Å²) in [6.07, 6.45) is 1.25. The standard InChI is InChI=1S/C11H14BrN.ClH/c1-8-6-11(13-7-8)9-4-2-3-5-10(9)12;/h2-5,8,11,13H,6-7H2,1H3;1H/t8-,11+;/m1./s1. The molecule has 0 aliphatic carbocycles. The van der Waals surface area contributed by atoms with Gasteiger partial charge in [-0.2, -0.15) is 0 Å². The van der Waals surface area contributed by atoms with Gasteiger partial charge in [-0.25, -0.2) is 0 Å². The number of nitrogens with one attached hydrogen (secondary N) is 1. The first kappa shape index (κ1) is 12.0. The van der Waals surface area contributed by atoms with Crippen LogP contribution in [0.15, 0.2) is 28.7 Å². The van der Waals surface area contributed by atoms with Gasteiger partial charge in [-0.3, -0.25) is 0 Å². The van der Waals surface area contributed by atoms with Crippen molar-refractivity contribution in [3.05, 3.63) is 34.3 Å². The van der Waals surface area contributed by atoms with Gasteiger partial charge in [-0.05, 0) is 30.5 Å². The van der Waals surface area contributed by atoms with Gasteiger partial charge < -0.3 is 5.32 Å². The monoisotopic (exact) mass is 275 g/mol. The van der Waals surface area contributed by atoms with Crippen LogP contribution in [0.25, 0.3) is 0 Å². The first-order valence-electron chi connectivity index (χ1n) is 4.75. The van der Waals surface area contributed by atoms with Crippen molar-refractivity contribution in [2.75, 3.05) is 6.54 Å². The van der Waals surface area contributed by atoms with Crippen LogP contribution in [-0.4, -0.2) is 6.54 Å². The third-order valence-corrected chi connectivity index (χ3v) is 3.35. The lowest BCUT2D eigenvalue weighted by atomic mass is 10.0. The van der Waals surface area contributed by atoms with Crippen molar-refractivity contribution < 1.29 is 0 Å². The van der Waals surface area contributed by atoms with Crippen molar-refractivity contribution in [1.82, 2.24) is 5.32 Å². The first-order chi connectivity index (χ1) is 6.27. The molecule has 14 heavy (non-hydrogen) atoms. The Bertz CT molecular complexity index is 303. The maximum Gasteiger partial charge on any atom is 0.0334 e. The van der Waals surface area contributed by atoms with E-state index in [1.54, 1.807) is 0 Å². The Balaban J connectivity index is 0.000000980. The van der Waals surface area contributed by atoms with Crippen molar-refractivity contribution in [2.24, 2.45) is 5.92 Å². The molecule has 3 heteroatoms. The summed E-state index contributed by atoms with van der Waals surface area (Å²) in [6.45, 7) is 3.44. The van der Waals surface area contributed by atoms with Crippen LogP contribution in [0.5, 0.6) is 0 Å². The van der Waals surface area contributed by atoms with E-state index >= 15 is 0 Å². The average Bonchev–Trinajstić information content (AvgIpc) is 2.53. The first-order valence-corrected chi connectivity index (χ1v) is 5.54. The van der Waals surface area contributed by atoms with E-state index in [4.69, 9.17) is 0 Å². The molecule has 1 aromatic carbocycles. The molecule has 0 amide bonds. The van der Waals surface area contributed by atoms with E-state index in [2.05, 4.69) is 52.4 Å². The molecule has 1 nitrogen and oxygen atoms in total. The zero-order valence-corrected chi connectivity index (χ0v) is 10.6. The van der Waals surface area contributed by atoms with Crippen LogP contribution >= 0.6 is 28.3 Å². The lowest BCUT2D eigenvalue weighted by Crippen LogP contribution is -2.13. The molecule has 1 aliphatic heterocycles. The predicted octanol–water partition coefficient (Wildman–Crippen LogP) is 3.54. The lowest BCUT2D eigenvalue weighted by Gasteiger charge is -2.12. The fourth-order valence-corrected chi connectivity index (χ4v) is 2.47. The molecule has 1 aliphatic rings. The molecule has 1 saturated heterocycles. The van der Waals surface area contributed by atoms with Crippen molar-refractivity contribution in [1.29, 1.82) is 0 Å². The van der Waals surface area contributed by atoms with Gasteiger partial charge in [0.05, 0.1) is 0 Å². The Morgan fingerprint density at radius 1 is 1.36 bits per heavy atom. The summed E-state index contributed by atoms with van der Waals surface area (Å²) < 4.78 is 1.22. The molecule has 78 valence electrons. The Labute approximate surface area is 99.8 Å². The summed E-state index contributed by atoms with van der Waals surface area (Å²) >= 11 is 3.59. The van der Waals surface area contributed by atoms with E-state index in [0.717, 1.165) is 12.5 Å². The van der Waals surface area contributed by atoms with Crippen molar-refractivity contribution in [3.8, 4) is 0 Å². The second kappa shape index (κ2) is 5.15. The SMILES string of the molecule is C[C@H]1CN[C@H](c2ccccc2Br)C1.Cl. The van der Waals surface area contributed by atoms with Gasteiger partial charge in [0.25, 0.3) is 0 Å². The Morgan fingerprint density at radius 3 is 2.64 bits per heavy atom. The topological polar surface area (TPSA) is 12.0 Å². The quantitative estimate of drug-likeness (QED) is 0.827. The zero-order chi connectivity index (χ0) is 9.26. The molecule has 1 aromatic rings. The van der Waals surface area contributed by atoms with E-state index in [0.29, 0.717) is 6.04 Å². The minimum atomic E-state index is 0. The third-order valence-electron chi connectivity index (χ3n) is 2.63. The van der Waals surface area contributed by atoms with Gasteiger partial charge in [0, 0.05) is 10.5 Å². The summed E-state index contributed by atoms with van der Waals surface area (Å²) in [4.78, 5) is 0. The summed E-state index contributed by atoms with van der Waals surface area (Å²) in [5.41, 5.74) is 1.40. The van der Waals surface area contributed by atoms with E-state index in [1.165, 1.54) is 16.5 Å². The minimum absolute atomic E-state index is 0. The third kappa shape index (κ3) is 2.50. The van der Waals surface area contributed by atoms with Gasteiger partial charge in [0.15, 0.2) is 0 Å². The Kier molecular flexibility index (Phi) is 4.42. The fraction of sp³-hybridized carbons (Fsp3) is 0.455. The highest BCUT2D eigenvalue weighted by atomic mass is 79.9. The number of hydrogen-bond donors (Lipinski definition) is 1. The number of benzene rings is 1. The summed E-state index contributed by atoms with van der Waals surface area (Å²) in [6, 6.07) is 9.02. The Hall–Kier alpha value is -0.0500. The molecule has 1 fully saturated rings. The summed E-state index contributed by atoms with van der Waals surface area (Å²) in [7, 11) is 0. The number of rotatable bonds is 1. The van der Waals surface area contributed by atoms with Gasteiger partial charge in [-0.1, -0.05) is 41.1 Å². The smallest absolute Gasteiger partial charge is 0.0334 e. The molecule has 0 aromatic heterocycles. The van der Waals surface area contributed by atoms with Gasteiger partial charge >= 0.3 is 0 Å². The maximum absolute atomic E-state index is 3.59. The van der Waals surface area contributed by atoms with Crippen LogP contribution < -0.4 is 5.32 Å². The van der Waals surface area contributed by atoms with Crippen molar-refractivity contribution >= 4 is 28.3 Å². The van der Waals surface area contributed by atoms with E-state index in [9.17, 15) is 0 Å². The molecule has 2 atom stereocenters. The highest BCUT2D eigenvalue weighted by Crippen LogP contribution is 2.31. The van der Waals surface area contributed by atoms with Gasteiger partial charge in [0.2, 0.25) is 0 Å². The molecule has 0 spiro atoms. The summed E-state index contributed by atoms with van der Waals surface area (Å²) in [5, 5.41) is 3.53. The van der Waals surface area contributed by atoms with E-state index in [-0.39, 0.29) is 12.4 Å². The fourth-order valence-electron chi connectivity index (χ4n) is 1.91. The van der Waals surface area contributed by atoms with Crippen LogP contribution in [0.4, 0.5) is 0 Å². The van der Waals surface area contributed by atoms with E-state index < -0.39 is 0 Å². The van der Waals surface area contributed by atoms with Crippen molar-refractivity contribution in [2.45, 2.75) is 19.4 Å². The van der Waals surface area contributed by atoms with Gasteiger partial charge in [-0.15, -0.1) is 12.4 Å². The number of halogens is 2. The molecule has 0 saturated carbocycles. The maximum atomic E-state index is 3.59. The molecule has 0 unspecified atom stereocenters. The van der Waals surface area contributed by atoms with Gasteiger partial charge in [0.1, 0.15) is 0 Å². The van der Waals surface area contributed by atoms with E-state index in [1.807, 2.05) is 0 Å². The predicted molar refractivity (Wildman–Crippen MR) is 65.9 cm³/mol. The van der Waals surface area contributed by atoms with Crippen LogP contribution in [0.2, 0.25) is 0 Å². The van der Waals surface area contributed by atoms with Crippen molar-refractivity contribution in [3.63, 3.8) is 0 Å². The molecular formula is C11H15BrClN.